The van der Waals surface area contributed by atoms with E-state index in [0.29, 0.717) is 5.56 Å². The predicted octanol–water partition coefficient (Wildman–Crippen LogP) is 2.66. The molecule has 2 aromatic rings. The molecule has 0 atom stereocenters. The number of nitrogens with zero attached hydrogens (tertiary/aromatic N) is 1. The summed E-state index contributed by atoms with van der Waals surface area (Å²) in [6.45, 7) is 1.84. The van der Waals surface area contributed by atoms with Crippen LogP contribution in [0.2, 0.25) is 5.02 Å². The molecule has 0 bridgehead atoms. The van der Waals surface area contributed by atoms with Gasteiger partial charge >= 0.3 is 0 Å². The number of halogens is 2. The van der Waals surface area contributed by atoms with Gasteiger partial charge in [-0.1, -0.05) is 23.7 Å². The summed E-state index contributed by atoms with van der Waals surface area (Å²) in [6, 6.07) is 7.23. The van der Waals surface area contributed by atoms with E-state index >= 15 is 0 Å². The van der Waals surface area contributed by atoms with Crippen molar-refractivity contribution in [3.05, 3.63) is 58.6 Å². The number of pyridine rings is 1. The molecule has 0 saturated carbocycles. The maximum Gasteiger partial charge on any atom is 0.245 e. The fourth-order valence-corrected chi connectivity index (χ4v) is 3.21. The fraction of sp³-hybridized carbons (Fsp3) is 0.154. The molecule has 1 heterocycles. The van der Waals surface area contributed by atoms with Crippen LogP contribution in [-0.2, 0) is 16.6 Å². The van der Waals surface area contributed by atoms with Gasteiger partial charge in [0.05, 0.1) is 5.02 Å². The smallest absolute Gasteiger partial charge is 0.245 e. The average Bonchev–Trinajstić information content (AvgIpc) is 2.37. The lowest BCUT2D eigenvalue weighted by atomic mass is 10.2. The Labute approximate surface area is 121 Å². The second-order valence-electron chi connectivity index (χ2n) is 4.18. The topological polar surface area (TPSA) is 59.1 Å². The summed E-state index contributed by atoms with van der Waals surface area (Å²) >= 11 is 5.75. The minimum absolute atomic E-state index is 0.0142. The van der Waals surface area contributed by atoms with Crippen LogP contribution in [0.15, 0.2) is 41.4 Å². The van der Waals surface area contributed by atoms with E-state index < -0.39 is 20.7 Å². The number of aryl methyl sites for hydroxylation is 1. The number of rotatable bonds is 4. The molecule has 0 saturated heterocycles. The van der Waals surface area contributed by atoms with Gasteiger partial charge in [0.15, 0.2) is 0 Å². The Hall–Kier alpha value is -1.50. The largest absolute Gasteiger partial charge is 0.261 e. The summed E-state index contributed by atoms with van der Waals surface area (Å²) in [4.78, 5) is 3.51. The maximum atomic E-state index is 13.6. The van der Waals surface area contributed by atoms with Crippen LogP contribution in [0, 0.1) is 12.7 Å². The van der Waals surface area contributed by atoms with Crippen LogP contribution in [-0.4, -0.2) is 13.4 Å². The Balaban J connectivity index is 2.22. The molecule has 20 heavy (non-hydrogen) atoms. The third-order valence-electron chi connectivity index (χ3n) is 2.63. The molecule has 0 fully saturated rings. The van der Waals surface area contributed by atoms with Gasteiger partial charge in [-0.15, -0.1) is 0 Å². The van der Waals surface area contributed by atoms with Gasteiger partial charge in [0, 0.05) is 18.4 Å². The lowest BCUT2D eigenvalue weighted by Gasteiger charge is -2.09. The SMILES string of the molecule is Cc1ccc(CNS(=O)(=O)c2c(F)cccc2Cl)cn1. The van der Waals surface area contributed by atoms with Crippen molar-refractivity contribution >= 4 is 21.6 Å². The number of sulfonamides is 1. The van der Waals surface area contributed by atoms with E-state index in [4.69, 9.17) is 11.6 Å². The summed E-state index contributed by atoms with van der Waals surface area (Å²) in [5.41, 5.74) is 1.50. The Morgan fingerprint density at radius 3 is 2.65 bits per heavy atom. The summed E-state index contributed by atoms with van der Waals surface area (Å²) in [6.07, 6.45) is 1.56. The molecule has 1 aromatic carbocycles. The second-order valence-corrected chi connectivity index (χ2v) is 6.29. The van der Waals surface area contributed by atoms with Crippen LogP contribution >= 0.6 is 11.6 Å². The highest BCUT2D eigenvalue weighted by Gasteiger charge is 2.22. The molecule has 0 aliphatic heterocycles. The third kappa shape index (κ3) is 3.33. The number of aromatic nitrogens is 1. The van der Waals surface area contributed by atoms with Crippen molar-refractivity contribution in [3.63, 3.8) is 0 Å². The summed E-state index contributed by atoms with van der Waals surface area (Å²) in [7, 11) is -4.01. The molecule has 1 aromatic heterocycles. The van der Waals surface area contributed by atoms with Crippen LogP contribution in [0.5, 0.6) is 0 Å². The van der Waals surface area contributed by atoms with Crippen molar-refractivity contribution in [1.82, 2.24) is 9.71 Å². The van der Waals surface area contributed by atoms with Crippen molar-refractivity contribution < 1.29 is 12.8 Å². The van der Waals surface area contributed by atoms with E-state index in [-0.39, 0.29) is 11.6 Å². The Morgan fingerprint density at radius 2 is 2.05 bits per heavy atom. The lowest BCUT2D eigenvalue weighted by Crippen LogP contribution is -2.24. The Kier molecular flexibility index (Phi) is 4.37. The normalized spacial score (nSPS) is 11.6. The predicted molar refractivity (Wildman–Crippen MR) is 74.4 cm³/mol. The van der Waals surface area contributed by atoms with E-state index in [2.05, 4.69) is 9.71 Å². The lowest BCUT2D eigenvalue weighted by molar-refractivity contribution is 0.557. The van der Waals surface area contributed by atoms with Crippen molar-refractivity contribution in [1.29, 1.82) is 0 Å². The van der Waals surface area contributed by atoms with Crippen LogP contribution < -0.4 is 4.72 Å². The van der Waals surface area contributed by atoms with Crippen LogP contribution in [0.25, 0.3) is 0 Å². The van der Waals surface area contributed by atoms with Crippen LogP contribution in [0.4, 0.5) is 4.39 Å². The van der Waals surface area contributed by atoms with Gasteiger partial charge in [0.2, 0.25) is 10.0 Å². The highest BCUT2D eigenvalue weighted by atomic mass is 35.5. The van der Waals surface area contributed by atoms with Gasteiger partial charge in [-0.2, -0.15) is 0 Å². The average molecular weight is 315 g/mol. The molecule has 1 N–H and O–H groups in total. The van der Waals surface area contributed by atoms with E-state index in [0.717, 1.165) is 11.8 Å². The number of hydrogen-bond acceptors (Lipinski definition) is 3. The summed E-state index contributed by atoms with van der Waals surface area (Å²) in [5.74, 6) is -0.882. The minimum atomic E-state index is -4.01. The van der Waals surface area contributed by atoms with Crippen molar-refractivity contribution in [2.45, 2.75) is 18.4 Å². The second kappa shape index (κ2) is 5.87. The Bertz CT molecular complexity index is 697. The number of benzene rings is 1. The quantitative estimate of drug-likeness (QED) is 0.944. The molecule has 0 radical (unpaired) electrons. The molecular formula is C13H12ClFN2O2S. The first-order chi connectivity index (χ1) is 9.40. The molecule has 0 aliphatic carbocycles. The molecule has 7 heteroatoms. The van der Waals surface area contributed by atoms with Crippen LogP contribution in [0.3, 0.4) is 0 Å². The van der Waals surface area contributed by atoms with E-state index in [9.17, 15) is 12.8 Å². The van der Waals surface area contributed by atoms with E-state index in [1.54, 1.807) is 18.3 Å². The molecule has 0 spiro atoms. The molecule has 0 amide bonds. The van der Waals surface area contributed by atoms with Crippen LogP contribution in [0.1, 0.15) is 11.3 Å². The zero-order valence-corrected chi connectivity index (χ0v) is 12.2. The Morgan fingerprint density at radius 1 is 1.30 bits per heavy atom. The third-order valence-corrected chi connectivity index (χ3v) is 4.53. The highest BCUT2D eigenvalue weighted by Crippen LogP contribution is 2.24. The molecule has 0 unspecified atom stereocenters. The molecule has 4 nitrogen and oxygen atoms in total. The molecular weight excluding hydrogens is 303 g/mol. The van der Waals surface area contributed by atoms with Gasteiger partial charge in [-0.25, -0.2) is 17.5 Å². The fourth-order valence-electron chi connectivity index (χ4n) is 1.59. The first kappa shape index (κ1) is 14.9. The van der Waals surface area contributed by atoms with Crippen molar-refractivity contribution in [3.8, 4) is 0 Å². The van der Waals surface area contributed by atoms with E-state index in [1.165, 1.54) is 12.1 Å². The summed E-state index contributed by atoms with van der Waals surface area (Å²) in [5, 5.41) is -0.153. The van der Waals surface area contributed by atoms with Gasteiger partial charge in [0.1, 0.15) is 10.7 Å². The van der Waals surface area contributed by atoms with Crippen molar-refractivity contribution in [2.24, 2.45) is 0 Å². The van der Waals surface area contributed by atoms with Gasteiger partial charge in [0.25, 0.3) is 0 Å². The highest BCUT2D eigenvalue weighted by molar-refractivity contribution is 7.89. The zero-order chi connectivity index (χ0) is 14.8. The number of nitrogens with one attached hydrogen (secondary N) is 1. The minimum Gasteiger partial charge on any atom is -0.261 e. The standard InChI is InChI=1S/C13H12ClFN2O2S/c1-9-5-6-10(7-16-9)8-17-20(18,19)13-11(14)3-2-4-12(13)15/h2-7,17H,8H2,1H3. The molecule has 2 rings (SSSR count). The first-order valence-electron chi connectivity index (χ1n) is 5.75. The monoisotopic (exact) mass is 314 g/mol. The van der Waals surface area contributed by atoms with E-state index in [1.807, 2.05) is 6.92 Å². The van der Waals surface area contributed by atoms with Gasteiger partial charge < -0.3 is 0 Å². The first-order valence-corrected chi connectivity index (χ1v) is 7.61. The van der Waals surface area contributed by atoms with Gasteiger partial charge in [-0.3, -0.25) is 4.98 Å². The molecule has 106 valence electrons. The zero-order valence-electron chi connectivity index (χ0n) is 10.6. The summed E-state index contributed by atoms with van der Waals surface area (Å²) < 4.78 is 40.0. The van der Waals surface area contributed by atoms with Gasteiger partial charge in [-0.05, 0) is 30.7 Å². The number of hydrogen-bond donors (Lipinski definition) is 1. The maximum absolute atomic E-state index is 13.6. The molecule has 0 aliphatic rings. The van der Waals surface area contributed by atoms with Crippen molar-refractivity contribution in [2.75, 3.05) is 0 Å².